The summed E-state index contributed by atoms with van der Waals surface area (Å²) in [6, 6.07) is 0. The maximum absolute atomic E-state index is 10.8. The average Bonchev–Trinajstić information content (AvgIpc) is 2.62. The first-order valence-corrected chi connectivity index (χ1v) is 5.99. The lowest BCUT2D eigenvalue weighted by Crippen LogP contribution is -2.31. The second kappa shape index (κ2) is 5.34. The minimum atomic E-state index is -0.910. The lowest BCUT2D eigenvalue weighted by atomic mass is 9.75. The van der Waals surface area contributed by atoms with Crippen LogP contribution in [0.3, 0.4) is 0 Å². The van der Waals surface area contributed by atoms with Crippen LogP contribution in [0.1, 0.15) is 52.4 Å². The number of carbonyl (C=O) groups is 1. The number of hydrogen-bond acceptors (Lipinski definition) is 2. The number of carboxylic acid groups (broad SMARTS) is 1. The van der Waals surface area contributed by atoms with Crippen LogP contribution in [-0.4, -0.2) is 5.97 Å². The third-order valence-corrected chi connectivity index (χ3v) is 3.63. The SMILES string of the molecule is CCC(CC)CC1(CC(=O)[O-])C=CCC1. The molecule has 0 heterocycles. The summed E-state index contributed by atoms with van der Waals surface area (Å²) in [6.07, 6.45) is 9.71. The first kappa shape index (κ1) is 12.3. The Hall–Kier alpha value is -0.790. The van der Waals surface area contributed by atoms with Gasteiger partial charge < -0.3 is 9.90 Å². The predicted molar refractivity (Wildman–Crippen MR) is 59.1 cm³/mol. The van der Waals surface area contributed by atoms with Gasteiger partial charge in [0.05, 0.1) is 0 Å². The van der Waals surface area contributed by atoms with Gasteiger partial charge in [-0.1, -0.05) is 38.8 Å². The summed E-state index contributed by atoms with van der Waals surface area (Å²) in [5.74, 6) is -0.264. The van der Waals surface area contributed by atoms with Crippen LogP contribution in [0.2, 0.25) is 0 Å². The van der Waals surface area contributed by atoms with Crippen molar-refractivity contribution in [2.45, 2.75) is 52.4 Å². The summed E-state index contributed by atoms with van der Waals surface area (Å²) < 4.78 is 0. The van der Waals surface area contributed by atoms with E-state index in [1.54, 1.807) is 0 Å². The van der Waals surface area contributed by atoms with Crippen LogP contribution >= 0.6 is 0 Å². The minimum Gasteiger partial charge on any atom is -0.550 e. The van der Waals surface area contributed by atoms with E-state index in [-0.39, 0.29) is 11.8 Å². The molecule has 2 heteroatoms. The van der Waals surface area contributed by atoms with E-state index in [1.807, 2.05) is 0 Å². The second-order valence-corrected chi connectivity index (χ2v) is 4.74. The molecule has 0 bridgehead atoms. The van der Waals surface area contributed by atoms with Gasteiger partial charge in [-0.25, -0.2) is 0 Å². The molecule has 1 aliphatic carbocycles. The molecule has 0 fully saturated rings. The van der Waals surface area contributed by atoms with Crippen molar-refractivity contribution in [2.75, 3.05) is 0 Å². The van der Waals surface area contributed by atoms with Crippen molar-refractivity contribution in [3.8, 4) is 0 Å². The highest BCUT2D eigenvalue weighted by Gasteiger charge is 2.31. The molecule has 86 valence electrons. The van der Waals surface area contributed by atoms with Crippen molar-refractivity contribution in [1.29, 1.82) is 0 Å². The Morgan fingerprint density at radius 2 is 2.13 bits per heavy atom. The number of carboxylic acids is 1. The molecule has 1 atom stereocenters. The lowest BCUT2D eigenvalue weighted by Gasteiger charge is -2.31. The van der Waals surface area contributed by atoms with Gasteiger partial charge in [-0.15, -0.1) is 0 Å². The van der Waals surface area contributed by atoms with Crippen molar-refractivity contribution in [1.82, 2.24) is 0 Å². The fourth-order valence-corrected chi connectivity index (χ4v) is 2.62. The monoisotopic (exact) mass is 209 g/mol. The van der Waals surface area contributed by atoms with E-state index in [1.165, 1.54) is 0 Å². The van der Waals surface area contributed by atoms with Gasteiger partial charge in [0.15, 0.2) is 0 Å². The molecule has 0 radical (unpaired) electrons. The van der Waals surface area contributed by atoms with Crippen LogP contribution in [0.25, 0.3) is 0 Å². The van der Waals surface area contributed by atoms with Crippen molar-refractivity contribution >= 4 is 5.97 Å². The van der Waals surface area contributed by atoms with Gasteiger partial charge in [-0.2, -0.15) is 0 Å². The van der Waals surface area contributed by atoms with Gasteiger partial charge in [0.25, 0.3) is 0 Å². The van der Waals surface area contributed by atoms with Crippen LogP contribution in [0.5, 0.6) is 0 Å². The highest BCUT2D eigenvalue weighted by molar-refractivity contribution is 5.65. The molecule has 0 N–H and O–H groups in total. The number of rotatable bonds is 6. The summed E-state index contributed by atoms with van der Waals surface area (Å²) in [6.45, 7) is 4.36. The summed E-state index contributed by atoms with van der Waals surface area (Å²) in [4.78, 5) is 10.8. The molecule has 2 nitrogen and oxygen atoms in total. The van der Waals surface area contributed by atoms with Crippen molar-refractivity contribution in [2.24, 2.45) is 11.3 Å². The molecule has 0 aliphatic heterocycles. The maximum Gasteiger partial charge on any atom is 0.0422 e. The van der Waals surface area contributed by atoms with E-state index in [0.29, 0.717) is 5.92 Å². The molecular formula is C13H21O2-. The number of allylic oxidation sites excluding steroid dienone is 2. The van der Waals surface area contributed by atoms with E-state index in [4.69, 9.17) is 0 Å². The number of aliphatic carboxylic acids is 1. The molecular weight excluding hydrogens is 188 g/mol. The fraction of sp³-hybridized carbons (Fsp3) is 0.769. The highest BCUT2D eigenvalue weighted by Crippen LogP contribution is 2.42. The summed E-state index contributed by atoms with van der Waals surface area (Å²) in [5, 5.41) is 10.8. The standard InChI is InChI=1S/C13H22O2/c1-3-11(4-2)9-13(10-12(14)15)7-5-6-8-13/h5,7,11H,3-4,6,8-10H2,1-2H3,(H,14,15)/p-1. The molecule has 0 aromatic heterocycles. The Balaban J connectivity index is 2.64. The van der Waals surface area contributed by atoms with Crippen LogP contribution in [0.15, 0.2) is 12.2 Å². The Bertz CT molecular complexity index is 241. The molecule has 0 aromatic carbocycles. The molecule has 0 spiro atoms. The molecule has 0 aromatic rings. The van der Waals surface area contributed by atoms with Gasteiger partial charge in [-0.3, -0.25) is 0 Å². The zero-order chi connectivity index (χ0) is 11.3. The summed E-state index contributed by atoms with van der Waals surface area (Å²) in [5.41, 5.74) is -0.102. The van der Waals surface area contributed by atoms with Gasteiger partial charge in [0.2, 0.25) is 0 Å². The zero-order valence-corrected chi connectivity index (χ0v) is 9.79. The normalized spacial score (nSPS) is 25.0. The lowest BCUT2D eigenvalue weighted by molar-refractivity contribution is -0.307. The Morgan fingerprint density at radius 1 is 1.47 bits per heavy atom. The topological polar surface area (TPSA) is 40.1 Å². The van der Waals surface area contributed by atoms with E-state index in [0.717, 1.165) is 32.1 Å². The largest absolute Gasteiger partial charge is 0.550 e. The first-order valence-electron chi connectivity index (χ1n) is 5.99. The molecule has 1 unspecified atom stereocenters. The summed E-state index contributed by atoms with van der Waals surface area (Å²) >= 11 is 0. The molecule has 0 amide bonds. The number of carbonyl (C=O) groups excluding carboxylic acids is 1. The predicted octanol–water partition coefficient (Wildman–Crippen LogP) is 2.29. The van der Waals surface area contributed by atoms with Gasteiger partial charge >= 0.3 is 0 Å². The van der Waals surface area contributed by atoms with E-state index in [9.17, 15) is 9.90 Å². The third-order valence-electron chi connectivity index (χ3n) is 3.63. The van der Waals surface area contributed by atoms with Gasteiger partial charge in [-0.05, 0) is 37.0 Å². The number of hydrogen-bond donors (Lipinski definition) is 0. The van der Waals surface area contributed by atoms with Crippen molar-refractivity contribution < 1.29 is 9.90 Å². The minimum absolute atomic E-state index is 0.102. The molecule has 0 saturated carbocycles. The molecule has 1 rings (SSSR count). The Morgan fingerprint density at radius 3 is 2.53 bits per heavy atom. The van der Waals surface area contributed by atoms with E-state index >= 15 is 0 Å². The molecule has 1 aliphatic rings. The van der Waals surface area contributed by atoms with Crippen molar-refractivity contribution in [3.63, 3.8) is 0 Å². The van der Waals surface area contributed by atoms with Crippen LogP contribution in [0.4, 0.5) is 0 Å². The Labute approximate surface area is 92.4 Å². The quantitative estimate of drug-likeness (QED) is 0.630. The Kier molecular flexibility index (Phi) is 4.37. The fourth-order valence-electron chi connectivity index (χ4n) is 2.62. The van der Waals surface area contributed by atoms with Gasteiger partial charge in [0, 0.05) is 5.97 Å². The molecule has 0 saturated heterocycles. The van der Waals surface area contributed by atoms with Crippen LogP contribution < -0.4 is 5.11 Å². The van der Waals surface area contributed by atoms with Crippen LogP contribution in [0, 0.1) is 11.3 Å². The van der Waals surface area contributed by atoms with E-state index in [2.05, 4.69) is 26.0 Å². The zero-order valence-electron chi connectivity index (χ0n) is 9.79. The molecule has 15 heavy (non-hydrogen) atoms. The van der Waals surface area contributed by atoms with Crippen molar-refractivity contribution in [3.05, 3.63) is 12.2 Å². The maximum atomic E-state index is 10.8. The van der Waals surface area contributed by atoms with Crippen LogP contribution in [-0.2, 0) is 4.79 Å². The average molecular weight is 209 g/mol. The second-order valence-electron chi connectivity index (χ2n) is 4.74. The smallest absolute Gasteiger partial charge is 0.0422 e. The van der Waals surface area contributed by atoms with Gasteiger partial charge in [0.1, 0.15) is 0 Å². The van der Waals surface area contributed by atoms with E-state index < -0.39 is 5.97 Å². The highest BCUT2D eigenvalue weighted by atomic mass is 16.4. The third kappa shape index (κ3) is 3.37. The first-order chi connectivity index (χ1) is 7.12. The summed E-state index contributed by atoms with van der Waals surface area (Å²) in [7, 11) is 0.